The summed E-state index contributed by atoms with van der Waals surface area (Å²) in [5.74, 6) is -0.139. The average molecular weight is 279 g/mol. The van der Waals surface area contributed by atoms with E-state index in [0.717, 1.165) is 4.90 Å². The minimum Gasteiger partial charge on any atom is -0.368 e. The van der Waals surface area contributed by atoms with Crippen LogP contribution in [0.3, 0.4) is 0 Å². The Morgan fingerprint density at radius 3 is 2.56 bits per heavy atom. The quantitative estimate of drug-likeness (QED) is 0.831. The molecule has 3 nitrogen and oxygen atoms in total. The van der Waals surface area contributed by atoms with Gasteiger partial charge in [-0.3, -0.25) is 4.79 Å². The minimum absolute atomic E-state index is 0.389. The second-order valence-electron chi connectivity index (χ2n) is 3.65. The zero-order valence-corrected chi connectivity index (χ0v) is 11.0. The molecule has 16 heavy (non-hydrogen) atoms. The third-order valence-corrected chi connectivity index (χ3v) is 4.06. The lowest BCUT2D eigenvalue weighted by Crippen LogP contribution is -2.51. The van der Waals surface area contributed by atoms with Gasteiger partial charge in [-0.15, -0.1) is 11.8 Å². The molecular weight excluding hydrogens is 267 g/mol. The van der Waals surface area contributed by atoms with Crippen molar-refractivity contribution >= 4 is 40.9 Å². The molecule has 0 aliphatic rings. The molecule has 0 aromatic heterocycles. The van der Waals surface area contributed by atoms with Gasteiger partial charge in [-0.25, -0.2) is 0 Å². The third-order valence-electron chi connectivity index (χ3n) is 1.99. The molecular formula is C10H12Cl2N2OS. The molecule has 1 aromatic carbocycles. The van der Waals surface area contributed by atoms with Crippen molar-refractivity contribution in [1.29, 1.82) is 0 Å². The molecule has 1 atom stereocenters. The van der Waals surface area contributed by atoms with E-state index in [4.69, 9.17) is 34.7 Å². The number of carbonyl (C=O) groups is 1. The Morgan fingerprint density at radius 2 is 2.06 bits per heavy atom. The van der Waals surface area contributed by atoms with Crippen LogP contribution in [0.15, 0.2) is 23.1 Å². The van der Waals surface area contributed by atoms with Gasteiger partial charge in [0.25, 0.3) is 0 Å². The Bertz CT molecular complexity index is 410. The summed E-state index contributed by atoms with van der Waals surface area (Å²) in [5.41, 5.74) is 9.85. The summed E-state index contributed by atoms with van der Waals surface area (Å²) in [6.45, 7) is 1.60. The van der Waals surface area contributed by atoms with E-state index in [9.17, 15) is 4.79 Å². The normalized spacial score (nSPS) is 14.5. The van der Waals surface area contributed by atoms with E-state index < -0.39 is 11.4 Å². The predicted octanol–water partition coefficient (Wildman–Crippen LogP) is 2.29. The number of primary amides is 1. The second kappa shape index (κ2) is 5.27. The van der Waals surface area contributed by atoms with Gasteiger partial charge >= 0.3 is 0 Å². The van der Waals surface area contributed by atoms with Crippen LogP contribution in [-0.4, -0.2) is 17.2 Å². The fourth-order valence-electron chi connectivity index (χ4n) is 0.871. The maximum absolute atomic E-state index is 11.0. The molecule has 88 valence electrons. The summed E-state index contributed by atoms with van der Waals surface area (Å²) >= 11 is 13.0. The molecule has 0 aliphatic heterocycles. The largest absolute Gasteiger partial charge is 0.368 e. The zero-order valence-electron chi connectivity index (χ0n) is 8.67. The van der Waals surface area contributed by atoms with Crippen LogP contribution >= 0.6 is 35.0 Å². The Labute approximate surface area is 108 Å². The molecule has 6 heteroatoms. The lowest BCUT2D eigenvalue weighted by molar-refractivity contribution is -0.121. The van der Waals surface area contributed by atoms with Crippen molar-refractivity contribution in [3.05, 3.63) is 28.2 Å². The Balaban J connectivity index is 2.68. The first-order valence-corrected chi connectivity index (χ1v) is 6.24. The van der Waals surface area contributed by atoms with Gasteiger partial charge in [-0.2, -0.15) is 0 Å². The van der Waals surface area contributed by atoms with Crippen molar-refractivity contribution in [2.75, 3.05) is 5.75 Å². The van der Waals surface area contributed by atoms with Crippen LogP contribution in [0.4, 0.5) is 0 Å². The number of amides is 1. The van der Waals surface area contributed by atoms with Crippen molar-refractivity contribution in [1.82, 2.24) is 0 Å². The summed E-state index contributed by atoms with van der Waals surface area (Å²) in [7, 11) is 0. The molecule has 0 fully saturated rings. The molecule has 0 saturated carbocycles. The molecule has 0 spiro atoms. The third kappa shape index (κ3) is 3.56. The highest BCUT2D eigenvalue weighted by molar-refractivity contribution is 7.99. The number of halogens is 2. The fraction of sp³-hybridized carbons (Fsp3) is 0.300. The Kier molecular flexibility index (Phi) is 4.50. The van der Waals surface area contributed by atoms with E-state index in [1.165, 1.54) is 11.8 Å². The monoisotopic (exact) mass is 278 g/mol. The highest BCUT2D eigenvalue weighted by Crippen LogP contribution is 2.29. The second-order valence-corrected chi connectivity index (χ2v) is 5.51. The number of hydrogen-bond donors (Lipinski definition) is 2. The van der Waals surface area contributed by atoms with E-state index in [1.807, 2.05) is 6.07 Å². The number of rotatable bonds is 4. The Morgan fingerprint density at radius 1 is 1.44 bits per heavy atom. The molecule has 0 heterocycles. The van der Waals surface area contributed by atoms with Crippen LogP contribution < -0.4 is 11.5 Å². The van der Waals surface area contributed by atoms with Crippen LogP contribution in [0.5, 0.6) is 0 Å². The van der Waals surface area contributed by atoms with Gasteiger partial charge in [0.2, 0.25) is 5.91 Å². The van der Waals surface area contributed by atoms with Gasteiger partial charge in [-0.05, 0) is 25.1 Å². The van der Waals surface area contributed by atoms with E-state index in [1.54, 1.807) is 19.1 Å². The van der Waals surface area contributed by atoms with Gasteiger partial charge < -0.3 is 11.5 Å². The highest BCUT2D eigenvalue weighted by atomic mass is 35.5. The SMILES string of the molecule is CC(N)(CSc1ccc(Cl)c(Cl)c1)C(N)=O. The molecule has 1 amide bonds. The Hall–Kier alpha value is -0.420. The molecule has 4 N–H and O–H groups in total. The first kappa shape index (κ1) is 13.6. The lowest BCUT2D eigenvalue weighted by Gasteiger charge is -2.19. The van der Waals surface area contributed by atoms with Crippen molar-refractivity contribution < 1.29 is 4.79 Å². The van der Waals surface area contributed by atoms with Crippen molar-refractivity contribution in [3.8, 4) is 0 Å². The predicted molar refractivity (Wildman–Crippen MR) is 69.0 cm³/mol. The van der Waals surface area contributed by atoms with E-state index in [2.05, 4.69) is 0 Å². The molecule has 1 rings (SSSR count). The van der Waals surface area contributed by atoms with Gasteiger partial charge in [-0.1, -0.05) is 23.2 Å². The number of thioether (sulfide) groups is 1. The molecule has 0 bridgehead atoms. The van der Waals surface area contributed by atoms with Gasteiger partial charge in [0.05, 0.1) is 10.0 Å². The summed E-state index contributed by atoms with van der Waals surface area (Å²) in [6, 6.07) is 5.24. The van der Waals surface area contributed by atoms with Gasteiger partial charge in [0.1, 0.15) is 5.54 Å². The highest BCUT2D eigenvalue weighted by Gasteiger charge is 2.25. The first-order chi connectivity index (χ1) is 7.33. The fourth-order valence-corrected chi connectivity index (χ4v) is 2.21. The minimum atomic E-state index is -1.03. The van der Waals surface area contributed by atoms with Gasteiger partial charge in [0, 0.05) is 10.6 Å². The molecule has 0 saturated heterocycles. The number of benzene rings is 1. The van der Waals surface area contributed by atoms with E-state index in [-0.39, 0.29) is 0 Å². The van der Waals surface area contributed by atoms with Crippen molar-refractivity contribution in [2.24, 2.45) is 11.5 Å². The summed E-state index contributed by atoms with van der Waals surface area (Å²) in [4.78, 5) is 11.9. The number of carbonyl (C=O) groups excluding carboxylic acids is 1. The average Bonchev–Trinajstić information content (AvgIpc) is 2.20. The summed E-state index contributed by atoms with van der Waals surface area (Å²) in [6.07, 6.45) is 0. The van der Waals surface area contributed by atoms with Crippen LogP contribution in [0, 0.1) is 0 Å². The van der Waals surface area contributed by atoms with Crippen LogP contribution in [0.1, 0.15) is 6.92 Å². The number of nitrogens with two attached hydrogens (primary N) is 2. The maximum atomic E-state index is 11.0. The van der Waals surface area contributed by atoms with Gasteiger partial charge in [0.15, 0.2) is 0 Å². The molecule has 1 aromatic rings. The first-order valence-electron chi connectivity index (χ1n) is 4.49. The maximum Gasteiger partial charge on any atom is 0.238 e. The lowest BCUT2D eigenvalue weighted by atomic mass is 10.1. The van der Waals surface area contributed by atoms with Crippen LogP contribution in [0.25, 0.3) is 0 Å². The summed E-state index contributed by atoms with van der Waals surface area (Å²) < 4.78 is 0. The summed E-state index contributed by atoms with van der Waals surface area (Å²) in [5, 5.41) is 0.973. The van der Waals surface area contributed by atoms with Crippen LogP contribution in [-0.2, 0) is 4.79 Å². The number of hydrogen-bond acceptors (Lipinski definition) is 3. The molecule has 1 unspecified atom stereocenters. The van der Waals surface area contributed by atoms with Crippen molar-refractivity contribution in [3.63, 3.8) is 0 Å². The molecule has 0 radical (unpaired) electrons. The van der Waals surface area contributed by atoms with Crippen LogP contribution in [0.2, 0.25) is 10.0 Å². The zero-order chi connectivity index (χ0) is 12.3. The van der Waals surface area contributed by atoms with E-state index in [0.29, 0.717) is 15.8 Å². The van der Waals surface area contributed by atoms with E-state index >= 15 is 0 Å². The smallest absolute Gasteiger partial charge is 0.238 e. The molecule has 0 aliphatic carbocycles. The standard InChI is InChI=1S/C10H12Cl2N2OS/c1-10(14,9(13)15)5-16-6-2-3-7(11)8(12)4-6/h2-4H,5,14H2,1H3,(H2,13,15). The van der Waals surface area contributed by atoms with Crippen molar-refractivity contribution in [2.45, 2.75) is 17.4 Å². The topological polar surface area (TPSA) is 69.1 Å².